The fraction of sp³-hybridized carbons (Fsp3) is 0. The van der Waals surface area contributed by atoms with Crippen LogP contribution >= 0.6 is 0 Å². The van der Waals surface area contributed by atoms with Gasteiger partial charge in [-0.05, 0) is 64.7 Å². The van der Waals surface area contributed by atoms with Gasteiger partial charge in [0.2, 0.25) is 5.95 Å². The summed E-state index contributed by atoms with van der Waals surface area (Å²) < 4.78 is 4.69. The Bertz CT molecular complexity index is 3130. The van der Waals surface area contributed by atoms with Gasteiger partial charge >= 0.3 is 0 Å². The van der Waals surface area contributed by atoms with Crippen molar-refractivity contribution in [2.45, 2.75) is 0 Å². The minimum absolute atomic E-state index is 0.622. The minimum Gasteiger partial charge on any atom is -0.307 e. The van der Waals surface area contributed by atoms with Crippen LogP contribution in [-0.4, -0.2) is 19.1 Å². The van der Waals surface area contributed by atoms with E-state index < -0.39 is 0 Å². The van der Waals surface area contributed by atoms with Crippen LogP contribution in [0.3, 0.4) is 0 Å². The molecule has 56 heavy (non-hydrogen) atoms. The third kappa shape index (κ3) is 5.23. The molecule has 11 rings (SSSR count). The van der Waals surface area contributed by atoms with E-state index in [0.717, 1.165) is 83.3 Å². The summed E-state index contributed by atoms with van der Waals surface area (Å²) in [4.78, 5) is 11.0. The molecule has 0 unspecified atom stereocenters. The van der Waals surface area contributed by atoms with Crippen molar-refractivity contribution in [2.75, 3.05) is 0 Å². The lowest BCUT2D eigenvalue weighted by Gasteiger charge is -2.14. The molecule has 4 nitrogen and oxygen atoms in total. The number of rotatable bonds is 6. The second kappa shape index (κ2) is 13.1. The third-order valence-corrected chi connectivity index (χ3v) is 10.9. The molecule has 0 bridgehead atoms. The first kappa shape index (κ1) is 31.9. The fourth-order valence-corrected chi connectivity index (χ4v) is 8.36. The van der Waals surface area contributed by atoms with E-state index in [0.29, 0.717) is 5.95 Å². The largest absolute Gasteiger partial charge is 0.307 e. The molecule has 0 amide bonds. The van der Waals surface area contributed by atoms with Crippen LogP contribution in [0.25, 0.3) is 100 Å². The number of nitrogens with zero attached hydrogens (tertiary/aromatic N) is 4. The summed E-state index contributed by atoms with van der Waals surface area (Å²) in [5.41, 5.74) is 13.9. The molecule has 0 saturated heterocycles. The second-order valence-electron chi connectivity index (χ2n) is 14.2. The molecule has 0 radical (unpaired) electrons. The van der Waals surface area contributed by atoms with Crippen molar-refractivity contribution in [3.05, 3.63) is 206 Å². The molecule has 8 aromatic carbocycles. The SMILES string of the molecule is c1ccc(-c2cccc(-c3cc(-c4cccc(-c5ccccc5)c4)nc(-n4c5ccccc5c5ccc6c7ccccc7n(-c7ccccc7)c6c54)n3)c2)cc1. The Labute approximate surface area is 324 Å². The summed E-state index contributed by atoms with van der Waals surface area (Å²) in [5, 5.41) is 4.70. The highest BCUT2D eigenvalue weighted by Crippen LogP contribution is 2.42. The maximum absolute atomic E-state index is 5.49. The van der Waals surface area contributed by atoms with Gasteiger partial charge in [-0.2, -0.15) is 0 Å². The Morgan fingerprint density at radius 3 is 1.23 bits per heavy atom. The zero-order chi connectivity index (χ0) is 37.0. The molecule has 11 aromatic rings. The maximum atomic E-state index is 5.49. The lowest BCUT2D eigenvalue weighted by Crippen LogP contribution is -2.05. The highest BCUT2D eigenvalue weighted by Gasteiger charge is 2.23. The lowest BCUT2D eigenvalue weighted by atomic mass is 9.99. The monoisotopic (exact) mass is 714 g/mol. The van der Waals surface area contributed by atoms with Gasteiger partial charge in [0.15, 0.2) is 0 Å². The zero-order valence-electron chi connectivity index (χ0n) is 30.4. The second-order valence-corrected chi connectivity index (χ2v) is 14.2. The topological polar surface area (TPSA) is 35.6 Å². The van der Waals surface area contributed by atoms with Crippen molar-refractivity contribution in [3.63, 3.8) is 0 Å². The van der Waals surface area contributed by atoms with Gasteiger partial charge in [-0.15, -0.1) is 0 Å². The summed E-state index contributed by atoms with van der Waals surface area (Å²) in [6.45, 7) is 0. The highest BCUT2D eigenvalue weighted by atomic mass is 15.2. The highest BCUT2D eigenvalue weighted by molar-refractivity contribution is 6.23. The van der Waals surface area contributed by atoms with Crippen LogP contribution in [0.15, 0.2) is 206 Å². The Kier molecular flexibility index (Phi) is 7.46. The molecule has 0 aliphatic rings. The van der Waals surface area contributed by atoms with Crippen LogP contribution in [0.4, 0.5) is 0 Å². The molecule has 4 heteroatoms. The number of fused-ring (bicyclic) bond motifs is 7. The minimum atomic E-state index is 0.622. The normalized spacial score (nSPS) is 11.6. The van der Waals surface area contributed by atoms with Gasteiger partial charge in [0, 0.05) is 38.4 Å². The first-order valence-electron chi connectivity index (χ1n) is 19.0. The van der Waals surface area contributed by atoms with E-state index in [-0.39, 0.29) is 0 Å². The summed E-state index contributed by atoms with van der Waals surface area (Å²) in [6.07, 6.45) is 0. The predicted molar refractivity (Wildman–Crippen MR) is 232 cm³/mol. The number of hydrogen-bond donors (Lipinski definition) is 0. The van der Waals surface area contributed by atoms with E-state index in [9.17, 15) is 0 Å². The number of benzene rings is 8. The van der Waals surface area contributed by atoms with E-state index >= 15 is 0 Å². The molecular formula is C52H34N4. The van der Waals surface area contributed by atoms with Gasteiger partial charge < -0.3 is 4.57 Å². The molecule has 0 spiro atoms. The van der Waals surface area contributed by atoms with Crippen LogP contribution in [-0.2, 0) is 0 Å². The van der Waals surface area contributed by atoms with Crippen molar-refractivity contribution in [2.24, 2.45) is 0 Å². The maximum Gasteiger partial charge on any atom is 0.235 e. The van der Waals surface area contributed by atoms with Crippen molar-refractivity contribution < 1.29 is 0 Å². The van der Waals surface area contributed by atoms with E-state index in [2.05, 4.69) is 215 Å². The average Bonchev–Trinajstić information content (AvgIpc) is 3.80. The number of hydrogen-bond acceptors (Lipinski definition) is 2. The third-order valence-electron chi connectivity index (χ3n) is 10.9. The molecular weight excluding hydrogens is 681 g/mol. The fourth-order valence-electron chi connectivity index (χ4n) is 8.36. The van der Waals surface area contributed by atoms with Crippen LogP contribution < -0.4 is 0 Å². The van der Waals surface area contributed by atoms with E-state index in [1.807, 2.05) is 0 Å². The van der Waals surface area contributed by atoms with Gasteiger partial charge in [-0.25, -0.2) is 9.97 Å². The van der Waals surface area contributed by atoms with Crippen molar-refractivity contribution >= 4 is 43.6 Å². The standard InChI is InChI=1S/C52H34N4/c1-4-16-35(17-5-1)37-20-14-22-39(32-37)46-34-47(40-23-15-21-38(33-40)36-18-6-2-7-19-36)54-52(53-46)56-49-29-13-11-27-43(49)45-31-30-44-42-26-10-12-28-48(42)55(50(44)51(45)56)41-24-8-3-9-25-41/h1-34H. The molecule has 0 aliphatic carbocycles. The van der Waals surface area contributed by atoms with Gasteiger partial charge in [-0.3, -0.25) is 4.57 Å². The molecule has 0 atom stereocenters. The molecule has 0 saturated carbocycles. The smallest absolute Gasteiger partial charge is 0.235 e. The predicted octanol–water partition coefficient (Wildman–Crippen LogP) is 13.3. The molecule has 0 aliphatic heterocycles. The molecule has 3 aromatic heterocycles. The summed E-state index contributed by atoms with van der Waals surface area (Å²) in [6, 6.07) is 73.1. The van der Waals surface area contributed by atoms with E-state index in [1.54, 1.807) is 0 Å². The Balaban J connectivity index is 1.24. The van der Waals surface area contributed by atoms with Crippen LogP contribution in [0, 0.1) is 0 Å². The summed E-state index contributed by atoms with van der Waals surface area (Å²) in [5.74, 6) is 0.622. The summed E-state index contributed by atoms with van der Waals surface area (Å²) >= 11 is 0. The van der Waals surface area contributed by atoms with Crippen LogP contribution in [0.1, 0.15) is 0 Å². The van der Waals surface area contributed by atoms with Gasteiger partial charge in [0.05, 0.1) is 33.5 Å². The van der Waals surface area contributed by atoms with Crippen LogP contribution in [0.2, 0.25) is 0 Å². The van der Waals surface area contributed by atoms with Gasteiger partial charge in [-0.1, -0.05) is 164 Å². The van der Waals surface area contributed by atoms with Crippen LogP contribution in [0.5, 0.6) is 0 Å². The quantitative estimate of drug-likeness (QED) is 0.172. The van der Waals surface area contributed by atoms with E-state index in [1.165, 1.54) is 10.8 Å². The molecule has 0 fully saturated rings. The molecule has 262 valence electrons. The Morgan fingerprint density at radius 1 is 0.286 bits per heavy atom. The Morgan fingerprint density at radius 2 is 0.696 bits per heavy atom. The first-order chi connectivity index (χ1) is 27.8. The Hall–Kier alpha value is -7.56. The number of para-hydroxylation sites is 3. The first-order valence-corrected chi connectivity index (χ1v) is 19.0. The lowest BCUT2D eigenvalue weighted by molar-refractivity contribution is 0.995. The zero-order valence-corrected chi connectivity index (χ0v) is 30.4. The van der Waals surface area contributed by atoms with Crippen molar-refractivity contribution in [1.29, 1.82) is 0 Å². The molecule has 3 heterocycles. The number of aromatic nitrogens is 4. The van der Waals surface area contributed by atoms with Gasteiger partial charge in [0.25, 0.3) is 0 Å². The summed E-state index contributed by atoms with van der Waals surface area (Å²) in [7, 11) is 0. The molecule has 0 N–H and O–H groups in total. The average molecular weight is 715 g/mol. The van der Waals surface area contributed by atoms with Crippen molar-refractivity contribution in [1.82, 2.24) is 19.1 Å². The van der Waals surface area contributed by atoms with E-state index in [4.69, 9.17) is 9.97 Å². The van der Waals surface area contributed by atoms with Gasteiger partial charge in [0.1, 0.15) is 0 Å². The van der Waals surface area contributed by atoms with Crippen molar-refractivity contribution in [3.8, 4) is 56.4 Å².